The summed E-state index contributed by atoms with van der Waals surface area (Å²) in [7, 11) is 0. The molecule has 0 radical (unpaired) electrons. The van der Waals surface area contributed by atoms with E-state index < -0.39 is 5.60 Å². The molecule has 2 aliphatic heterocycles. The van der Waals surface area contributed by atoms with E-state index in [9.17, 15) is 9.59 Å². The summed E-state index contributed by atoms with van der Waals surface area (Å²) in [5.74, 6) is 0.0530. The molecule has 2 aliphatic rings. The SMILES string of the molecule is Cc1c[nH]c2ncc(-c3ccc(C(=O)N4[C@H]5CC[C@H]4CC(NC(=O)OC(C)(C)C)C5)c4[nH]ccc34)cc12. The Morgan fingerprint density at radius 3 is 2.57 bits per heavy atom. The van der Waals surface area contributed by atoms with Crippen LogP contribution in [0, 0.1) is 6.92 Å². The van der Waals surface area contributed by atoms with Gasteiger partial charge in [-0.2, -0.15) is 0 Å². The van der Waals surface area contributed by atoms with E-state index in [1.807, 2.05) is 57.6 Å². The van der Waals surface area contributed by atoms with Crippen molar-refractivity contribution < 1.29 is 14.3 Å². The predicted molar refractivity (Wildman–Crippen MR) is 143 cm³/mol. The fourth-order valence-corrected chi connectivity index (χ4v) is 6.11. The van der Waals surface area contributed by atoms with Crippen molar-refractivity contribution in [3.05, 3.63) is 54.0 Å². The number of carbonyl (C=O) groups is 2. The molecule has 0 unspecified atom stereocenters. The van der Waals surface area contributed by atoms with Crippen LogP contribution in [0.2, 0.25) is 0 Å². The van der Waals surface area contributed by atoms with E-state index >= 15 is 0 Å². The first-order valence-corrected chi connectivity index (χ1v) is 13.0. The lowest BCUT2D eigenvalue weighted by molar-refractivity contribution is 0.0419. The minimum absolute atomic E-state index is 0.0172. The molecule has 2 fully saturated rings. The van der Waals surface area contributed by atoms with Crippen molar-refractivity contribution >= 4 is 33.9 Å². The monoisotopic (exact) mass is 499 g/mol. The number of piperidine rings is 1. The lowest BCUT2D eigenvalue weighted by Crippen LogP contribution is -2.53. The topological polar surface area (TPSA) is 103 Å². The summed E-state index contributed by atoms with van der Waals surface area (Å²) < 4.78 is 5.45. The van der Waals surface area contributed by atoms with Crippen molar-refractivity contribution in [1.29, 1.82) is 0 Å². The molecule has 5 heterocycles. The Hall–Kier alpha value is -3.81. The lowest BCUT2D eigenvalue weighted by Gasteiger charge is -2.39. The van der Waals surface area contributed by atoms with Crippen LogP contribution in [0.5, 0.6) is 0 Å². The van der Waals surface area contributed by atoms with Crippen molar-refractivity contribution in [1.82, 2.24) is 25.2 Å². The summed E-state index contributed by atoms with van der Waals surface area (Å²) in [4.78, 5) is 39.4. The molecule has 37 heavy (non-hydrogen) atoms. The highest BCUT2D eigenvalue weighted by atomic mass is 16.6. The van der Waals surface area contributed by atoms with Crippen LogP contribution < -0.4 is 5.32 Å². The van der Waals surface area contributed by atoms with Gasteiger partial charge in [-0.3, -0.25) is 4.79 Å². The number of aryl methyl sites for hydroxylation is 1. The maximum absolute atomic E-state index is 13.9. The molecule has 8 heteroatoms. The highest BCUT2D eigenvalue weighted by molar-refractivity contribution is 6.10. The standard InChI is InChI=1S/C29H33N5O3/c1-16-14-31-26-24(16)11-17(15-32-26)21-7-8-23(25-22(21)9-10-30-25)27(35)34-19-5-6-20(34)13-18(12-19)33-28(36)37-29(2,3)4/h7-11,14-15,18-20,30H,5-6,12-13H2,1-4H3,(H,31,32)(H,33,36)/t19-,20-/m0/s1. The van der Waals surface area contributed by atoms with E-state index in [1.54, 1.807) is 0 Å². The molecule has 2 bridgehead atoms. The number of nitrogens with one attached hydrogen (secondary N) is 3. The first-order chi connectivity index (χ1) is 17.7. The second-order valence-corrected chi connectivity index (χ2v) is 11.4. The van der Waals surface area contributed by atoms with Crippen LogP contribution >= 0.6 is 0 Å². The first-order valence-electron chi connectivity index (χ1n) is 13.0. The highest BCUT2D eigenvalue weighted by Crippen LogP contribution is 2.39. The number of fused-ring (bicyclic) bond motifs is 4. The van der Waals surface area contributed by atoms with Gasteiger partial charge in [0, 0.05) is 53.1 Å². The molecule has 4 aromatic rings. The van der Waals surface area contributed by atoms with Crippen LogP contribution in [0.4, 0.5) is 4.79 Å². The van der Waals surface area contributed by atoms with E-state index in [0.29, 0.717) is 5.56 Å². The van der Waals surface area contributed by atoms with Gasteiger partial charge in [-0.25, -0.2) is 9.78 Å². The minimum Gasteiger partial charge on any atom is -0.444 e. The van der Waals surface area contributed by atoms with Crippen molar-refractivity contribution in [2.24, 2.45) is 0 Å². The van der Waals surface area contributed by atoms with E-state index in [0.717, 1.165) is 64.3 Å². The number of nitrogens with zero attached hydrogens (tertiary/aromatic N) is 2. The van der Waals surface area contributed by atoms with Gasteiger partial charge < -0.3 is 24.9 Å². The number of rotatable bonds is 3. The summed E-state index contributed by atoms with van der Waals surface area (Å²) in [6.07, 6.45) is 8.75. The Balaban J connectivity index is 1.25. The van der Waals surface area contributed by atoms with Gasteiger partial charge >= 0.3 is 6.09 Å². The van der Waals surface area contributed by atoms with Crippen molar-refractivity contribution in [2.75, 3.05) is 0 Å². The Morgan fingerprint density at radius 2 is 1.84 bits per heavy atom. The van der Waals surface area contributed by atoms with Gasteiger partial charge in [-0.1, -0.05) is 6.07 Å². The van der Waals surface area contributed by atoms with E-state index in [4.69, 9.17) is 4.74 Å². The molecular weight excluding hydrogens is 466 g/mol. The summed E-state index contributed by atoms with van der Waals surface area (Å²) in [6, 6.07) is 8.39. The Kier molecular flexibility index (Phi) is 5.51. The fourth-order valence-electron chi connectivity index (χ4n) is 6.11. The third-order valence-electron chi connectivity index (χ3n) is 7.69. The maximum atomic E-state index is 13.9. The van der Waals surface area contributed by atoms with E-state index in [1.165, 1.54) is 0 Å². The van der Waals surface area contributed by atoms with Crippen LogP contribution in [-0.4, -0.2) is 55.6 Å². The molecule has 6 rings (SSSR count). The molecule has 2 atom stereocenters. The Bertz CT molecular complexity index is 1500. The molecule has 2 saturated heterocycles. The van der Waals surface area contributed by atoms with Crippen LogP contribution in [0.3, 0.4) is 0 Å². The molecule has 1 aromatic carbocycles. The molecule has 2 amide bonds. The largest absolute Gasteiger partial charge is 0.444 e. The zero-order chi connectivity index (χ0) is 25.9. The van der Waals surface area contributed by atoms with Crippen LogP contribution in [-0.2, 0) is 4.74 Å². The normalized spacial score (nSPS) is 21.5. The van der Waals surface area contributed by atoms with Gasteiger partial charge in [0.1, 0.15) is 11.2 Å². The number of hydrogen-bond acceptors (Lipinski definition) is 4. The molecular formula is C29H33N5O3. The molecule has 8 nitrogen and oxygen atoms in total. The van der Waals surface area contributed by atoms with Gasteiger partial charge in [0.05, 0.1) is 11.1 Å². The third-order valence-corrected chi connectivity index (χ3v) is 7.69. The van der Waals surface area contributed by atoms with Gasteiger partial charge in [-0.15, -0.1) is 0 Å². The van der Waals surface area contributed by atoms with Crippen LogP contribution in [0.25, 0.3) is 33.1 Å². The number of hydrogen-bond donors (Lipinski definition) is 3. The number of H-pyrrole nitrogens is 2. The number of carbonyl (C=O) groups excluding carboxylic acids is 2. The van der Waals surface area contributed by atoms with Crippen LogP contribution in [0.1, 0.15) is 62.4 Å². The van der Waals surface area contributed by atoms with E-state index in [-0.39, 0.29) is 30.1 Å². The number of pyridine rings is 1. The number of benzene rings is 1. The number of ether oxygens (including phenoxy) is 1. The van der Waals surface area contributed by atoms with Gasteiger partial charge in [0.25, 0.3) is 5.91 Å². The van der Waals surface area contributed by atoms with Crippen molar-refractivity contribution in [2.45, 2.75) is 77.1 Å². The molecule has 0 saturated carbocycles. The van der Waals surface area contributed by atoms with Crippen molar-refractivity contribution in [3.8, 4) is 11.1 Å². The number of aromatic amines is 2. The predicted octanol–water partition coefficient (Wildman–Crippen LogP) is 5.68. The number of amides is 2. The zero-order valence-corrected chi connectivity index (χ0v) is 21.7. The summed E-state index contributed by atoms with van der Waals surface area (Å²) in [6.45, 7) is 7.65. The second kappa shape index (κ2) is 8.64. The highest BCUT2D eigenvalue weighted by Gasteiger charge is 2.44. The average Bonchev–Trinajstić information content (AvgIpc) is 3.53. The quantitative estimate of drug-likeness (QED) is 0.337. The molecule has 3 aromatic heterocycles. The van der Waals surface area contributed by atoms with Crippen molar-refractivity contribution in [3.63, 3.8) is 0 Å². The molecule has 192 valence electrons. The smallest absolute Gasteiger partial charge is 0.407 e. The van der Waals surface area contributed by atoms with Gasteiger partial charge in [0.2, 0.25) is 0 Å². The molecule has 3 N–H and O–H groups in total. The fraction of sp³-hybridized carbons (Fsp3) is 0.414. The first kappa shape index (κ1) is 23.6. The minimum atomic E-state index is -0.532. The lowest BCUT2D eigenvalue weighted by atomic mass is 9.95. The molecule has 0 spiro atoms. The average molecular weight is 500 g/mol. The second-order valence-electron chi connectivity index (χ2n) is 11.4. The summed E-state index contributed by atoms with van der Waals surface area (Å²) >= 11 is 0. The number of aromatic nitrogens is 3. The third kappa shape index (κ3) is 4.24. The Morgan fingerprint density at radius 1 is 1.08 bits per heavy atom. The van der Waals surface area contributed by atoms with Gasteiger partial charge in [-0.05, 0) is 82.7 Å². The molecule has 0 aliphatic carbocycles. The Labute approximate surface area is 215 Å². The van der Waals surface area contributed by atoms with Crippen LogP contribution in [0.15, 0.2) is 42.9 Å². The van der Waals surface area contributed by atoms with E-state index in [2.05, 4.69) is 38.2 Å². The number of alkyl carbamates (subject to hydrolysis) is 1. The summed E-state index contributed by atoms with van der Waals surface area (Å²) in [5.41, 5.74) is 5.10. The maximum Gasteiger partial charge on any atom is 0.407 e. The van der Waals surface area contributed by atoms with Gasteiger partial charge in [0.15, 0.2) is 0 Å². The summed E-state index contributed by atoms with van der Waals surface area (Å²) in [5, 5.41) is 5.13. The zero-order valence-electron chi connectivity index (χ0n) is 21.7.